The third-order valence-corrected chi connectivity index (χ3v) is 3.59. The number of anilines is 1. The molecule has 2 unspecified atom stereocenters. The van der Waals surface area contributed by atoms with Gasteiger partial charge in [0, 0.05) is 32.0 Å². The minimum atomic E-state index is -0.265. The fraction of sp³-hybridized carbons (Fsp3) is 0.562. The first-order chi connectivity index (χ1) is 10.7. The second kappa shape index (κ2) is 8.73. The molecule has 122 valence electrons. The zero-order chi connectivity index (χ0) is 15.8. The fourth-order valence-corrected chi connectivity index (χ4v) is 2.31. The van der Waals surface area contributed by atoms with Crippen molar-refractivity contribution in [1.29, 1.82) is 0 Å². The summed E-state index contributed by atoms with van der Waals surface area (Å²) in [4.78, 5) is 11.9. The highest BCUT2D eigenvalue weighted by molar-refractivity contribution is 5.91. The molecule has 1 aliphatic rings. The number of rotatable bonds is 8. The van der Waals surface area contributed by atoms with Crippen LogP contribution in [0.1, 0.15) is 19.3 Å². The average molecular weight is 308 g/mol. The first kappa shape index (κ1) is 16.7. The number of hydrogen-bond acceptors (Lipinski definition) is 5. The molecule has 1 amide bonds. The number of nitrogens with two attached hydrogens (primary N) is 1. The van der Waals surface area contributed by atoms with E-state index in [1.807, 2.05) is 18.2 Å². The molecule has 0 bridgehead atoms. The second-order valence-electron chi connectivity index (χ2n) is 5.32. The predicted molar refractivity (Wildman–Crippen MR) is 84.0 cm³/mol. The SMILES string of the molecule is COC(CN)CC(=O)Nc1cccc(OCC2CCCO2)c1. The van der Waals surface area contributed by atoms with E-state index in [0.717, 1.165) is 25.2 Å². The Morgan fingerprint density at radius 2 is 2.41 bits per heavy atom. The van der Waals surface area contributed by atoms with E-state index < -0.39 is 0 Å². The number of methoxy groups -OCH3 is 1. The van der Waals surface area contributed by atoms with E-state index in [1.165, 1.54) is 0 Å². The van der Waals surface area contributed by atoms with Gasteiger partial charge in [0.05, 0.1) is 18.6 Å². The van der Waals surface area contributed by atoms with Gasteiger partial charge < -0.3 is 25.3 Å². The molecular formula is C16H24N2O4. The third-order valence-electron chi connectivity index (χ3n) is 3.59. The lowest BCUT2D eigenvalue weighted by atomic mass is 10.2. The smallest absolute Gasteiger partial charge is 0.227 e. The van der Waals surface area contributed by atoms with E-state index >= 15 is 0 Å². The maximum atomic E-state index is 11.9. The van der Waals surface area contributed by atoms with Crippen LogP contribution in [0.5, 0.6) is 5.75 Å². The van der Waals surface area contributed by atoms with Crippen molar-refractivity contribution in [2.24, 2.45) is 5.73 Å². The van der Waals surface area contributed by atoms with E-state index in [0.29, 0.717) is 18.8 Å². The lowest BCUT2D eigenvalue weighted by Crippen LogP contribution is -2.28. The average Bonchev–Trinajstić information content (AvgIpc) is 3.04. The summed E-state index contributed by atoms with van der Waals surface area (Å²) in [6.07, 6.45) is 2.26. The van der Waals surface area contributed by atoms with Crippen molar-refractivity contribution in [2.75, 3.05) is 32.2 Å². The van der Waals surface area contributed by atoms with E-state index in [4.69, 9.17) is 19.9 Å². The van der Waals surface area contributed by atoms with Crippen molar-refractivity contribution in [3.05, 3.63) is 24.3 Å². The molecule has 1 aromatic rings. The zero-order valence-corrected chi connectivity index (χ0v) is 12.9. The van der Waals surface area contributed by atoms with Crippen LogP contribution in [0.2, 0.25) is 0 Å². The Labute approximate surface area is 130 Å². The molecule has 0 radical (unpaired) electrons. The van der Waals surface area contributed by atoms with Crippen LogP contribution in [0.4, 0.5) is 5.69 Å². The highest BCUT2D eigenvalue weighted by Crippen LogP contribution is 2.20. The van der Waals surface area contributed by atoms with Crippen molar-refractivity contribution in [2.45, 2.75) is 31.5 Å². The Morgan fingerprint density at radius 3 is 3.09 bits per heavy atom. The molecule has 0 spiro atoms. The molecule has 22 heavy (non-hydrogen) atoms. The van der Waals surface area contributed by atoms with Crippen LogP contribution < -0.4 is 15.8 Å². The van der Waals surface area contributed by atoms with Gasteiger partial charge in [-0.2, -0.15) is 0 Å². The van der Waals surface area contributed by atoms with Crippen molar-refractivity contribution < 1.29 is 19.0 Å². The summed E-state index contributed by atoms with van der Waals surface area (Å²) >= 11 is 0. The molecule has 1 aromatic carbocycles. The van der Waals surface area contributed by atoms with Gasteiger partial charge in [-0.15, -0.1) is 0 Å². The number of hydrogen-bond donors (Lipinski definition) is 2. The predicted octanol–water partition coefficient (Wildman–Crippen LogP) is 1.55. The second-order valence-corrected chi connectivity index (χ2v) is 5.32. The zero-order valence-electron chi connectivity index (χ0n) is 12.9. The van der Waals surface area contributed by atoms with Crippen LogP contribution in [0, 0.1) is 0 Å². The molecule has 1 fully saturated rings. The van der Waals surface area contributed by atoms with Crippen molar-refractivity contribution in [3.8, 4) is 5.75 Å². The van der Waals surface area contributed by atoms with Crippen LogP contribution in [0.15, 0.2) is 24.3 Å². The van der Waals surface area contributed by atoms with Gasteiger partial charge >= 0.3 is 0 Å². The maximum absolute atomic E-state index is 11.9. The third kappa shape index (κ3) is 5.29. The quantitative estimate of drug-likeness (QED) is 0.761. The fourth-order valence-electron chi connectivity index (χ4n) is 2.31. The number of benzene rings is 1. The molecule has 1 saturated heterocycles. The summed E-state index contributed by atoms with van der Waals surface area (Å²) in [5, 5.41) is 2.82. The number of carbonyl (C=O) groups is 1. The first-order valence-corrected chi connectivity index (χ1v) is 7.58. The van der Waals surface area contributed by atoms with Crippen molar-refractivity contribution >= 4 is 11.6 Å². The monoisotopic (exact) mass is 308 g/mol. The number of ether oxygens (including phenoxy) is 3. The van der Waals surface area contributed by atoms with E-state index in [1.54, 1.807) is 13.2 Å². The summed E-state index contributed by atoms with van der Waals surface area (Å²) < 4.78 is 16.3. The summed E-state index contributed by atoms with van der Waals surface area (Å²) in [6, 6.07) is 7.33. The molecule has 1 heterocycles. The normalized spacial score (nSPS) is 18.9. The summed E-state index contributed by atoms with van der Waals surface area (Å²) in [5.41, 5.74) is 6.21. The standard InChI is InChI=1S/C16H24N2O4/c1-20-15(10-17)9-16(19)18-12-4-2-5-13(8-12)22-11-14-6-3-7-21-14/h2,4-5,8,14-15H,3,6-7,9-11,17H2,1H3,(H,18,19). The molecule has 6 heteroatoms. The molecule has 0 aromatic heterocycles. The topological polar surface area (TPSA) is 82.8 Å². The Kier molecular flexibility index (Phi) is 6.64. The Morgan fingerprint density at radius 1 is 1.55 bits per heavy atom. The summed E-state index contributed by atoms with van der Waals surface area (Å²) in [5.74, 6) is 0.587. The van der Waals surface area contributed by atoms with E-state index in [2.05, 4.69) is 5.32 Å². The van der Waals surface area contributed by atoms with E-state index in [9.17, 15) is 4.79 Å². The number of nitrogens with one attached hydrogen (secondary N) is 1. The van der Waals surface area contributed by atoms with Gasteiger partial charge in [-0.1, -0.05) is 6.07 Å². The van der Waals surface area contributed by atoms with Crippen LogP contribution >= 0.6 is 0 Å². The lowest BCUT2D eigenvalue weighted by molar-refractivity contribution is -0.118. The molecule has 0 saturated carbocycles. The van der Waals surface area contributed by atoms with Crippen molar-refractivity contribution in [3.63, 3.8) is 0 Å². The van der Waals surface area contributed by atoms with Crippen LogP contribution in [0.3, 0.4) is 0 Å². The minimum Gasteiger partial charge on any atom is -0.491 e. The number of carbonyl (C=O) groups excluding carboxylic acids is 1. The van der Waals surface area contributed by atoms with Crippen LogP contribution in [0.25, 0.3) is 0 Å². The Bertz CT molecular complexity index is 471. The van der Waals surface area contributed by atoms with Crippen LogP contribution in [-0.2, 0) is 14.3 Å². The van der Waals surface area contributed by atoms with Gasteiger partial charge in [0.15, 0.2) is 0 Å². The molecule has 2 atom stereocenters. The Balaban J connectivity index is 1.83. The summed E-state index contributed by atoms with van der Waals surface area (Å²) in [6.45, 7) is 1.66. The molecule has 1 aliphatic heterocycles. The molecule has 0 aliphatic carbocycles. The molecule has 3 N–H and O–H groups in total. The van der Waals surface area contributed by atoms with Gasteiger partial charge in [0.1, 0.15) is 12.4 Å². The lowest BCUT2D eigenvalue weighted by Gasteiger charge is -2.14. The highest BCUT2D eigenvalue weighted by atomic mass is 16.5. The number of amides is 1. The van der Waals surface area contributed by atoms with Gasteiger partial charge in [0.25, 0.3) is 0 Å². The molecule has 2 rings (SSSR count). The van der Waals surface area contributed by atoms with E-state index in [-0.39, 0.29) is 24.5 Å². The molecular weight excluding hydrogens is 284 g/mol. The van der Waals surface area contributed by atoms with Gasteiger partial charge in [-0.05, 0) is 25.0 Å². The van der Waals surface area contributed by atoms with Gasteiger partial charge in [-0.3, -0.25) is 4.79 Å². The Hall–Kier alpha value is -1.63. The van der Waals surface area contributed by atoms with Gasteiger partial charge in [-0.25, -0.2) is 0 Å². The maximum Gasteiger partial charge on any atom is 0.227 e. The van der Waals surface area contributed by atoms with Crippen molar-refractivity contribution in [1.82, 2.24) is 0 Å². The molecule has 6 nitrogen and oxygen atoms in total. The summed E-state index contributed by atoms with van der Waals surface area (Å²) in [7, 11) is 1.55. The minimum absolute atomic E-state index is 0.131. The first-order valence-electron chi connectivity index (χ1n) is 7.58. The largest absolute Gasteiger partial charge is 0.491 e. The van der Waals surface area contributed by atoms with Crippen LogP contribution in [-0.4, -0.2) is 45.0 Å². The van der Waals surface area contributed by atoms with Gasteiger partial charge in [0.2, 0.25) is 5.91 Å². The highest BCUT2D eigenvalue weighted by Gasteiger charge is 2.16.